The predicted octanol–water partition coefficient (Wildman–Crippen LogP) is 0.570. The van der Waals surface area contributed by atoms with Crippen LogP contribution >= 0.6 is 0 Å². The van der Waals surface area contributed by atoms with Crippen molar-refractivity contribution in [1.82, 2.24) is 4.90 Å². The molecular weight excluding hydrogens is 124 g/mol. The molecule has 0 amide bonds. The van der Waals surface area contributed by atoms with E-state index in [4.69, 9.17) is 5.73 Å². The quantitative estimate of drug-likeness (QED) is 0.533. The number of nitrogens with zero attached hydrogens (tertiary/aromatic N) is 1. The zero-order valence-corrected chi connectivity index (χ0v) is 6.59. The molecule has 2 heteroatoms. The molecule has 0 spiro atoms. The van der Waals surface area contributed by atoms with Crippen LogP contribution in [0.3, 0.4) is 0 Å². The van der Waals surface area contributed by atoms with E-state index in [1.165, 1.54) is 25.7 Å². The minimum atomic E-state index is 0.494. The van der Waals surface area contributed by atoms with E-state index in [-0.39, 0.29) is 0 Å². The summed E-state index contributed by atoms with van der Waals surface area (Å²) in [5.41, 5.74) is 5.89. The number of rotatable bonds is 0. The Balaban J connectivity index is 2.09. The average molecular weight is 140 g/mol. The molecule has 58 valence electrons. The lowest BCUT2D eigenvalue weighted by Gasteiger charge is -2.34. The SMILES string of the molecule is CN1[C@@H]2CC[C@H]1C[C@H](N)C2. The number of fused-ring (bicyclic) bond motifs is 2. The Morgan fingerprint density at radius 2 is 1.70 bits per heavy atom. The highest BCUT2D eigenvalue weighted by molar-refractivity contribution is 4.94. The first-order chi connectivity index (χ1) is 4.77. The van der Waals surface area contributed by atoms with E-state index >= 15 is 0 Å². The van der Waals surface area contributed by atoms with Gasteiger partial charge in [0.1, 0.15) is 0 Å². The summed E-state index contributed by atoms with van der Waals surface area (Å²) in [5.74, 6) is 0. The summed E-state index contributed by atoms with van der Waals surface area (Å²) < 4.78 is 0. The van der Waals surface area contributed by atoms with Crippen LogP contribution in [0.1, 0.15) is 25.7 Å². The minimum Gasteiger partial charge on any atom is -0.328 e. The third-order valence-corrected chi connectivity index (χ3v) is 3.13. The van der Waals surface area contributed by atoms with Gasteiger partial charge in [-0.15, -0.1) is 0 Å². The van der Waals surface area contributed by atoms with Crippen molar-refractivity contribution in [2.24, 2.45) is 5.73 Å². The molecule has 2 heterocycles. The molecule has 2 fully saturated rings. The first-order valence-electron chi connectivity index (χ1n) is 4.25. The van der Waals surface area contributed by atoms with Gasteiger partial charge in [-0.05, 0) is 32.7 Å². The van der Waals surface area contributed by atoms with Crippen molar-refractivity contribution in [3.63, 3.8) is 0 Å². The van der Waals surface area contributed by atoms with E-state index in [9.17, 15) is 0 Å². The molecule has 2 rings (SSSR count). The van der Waals surface area contributed by atoms with E-state index in [2.05, 4.69) is 11.9 Å². The van der Waals surface area contributed by atoms with E-state index in [1.807, 2.05) is 0 Å². The Morgan fingerprint density at radius 3 is 2.20 bits per heavy atom. The second kappa shape index (κ2) is 2.21. The van der Waals surface area contributed by atoms with E-state index in [0.29, 0.717) is 6.04 Å². The molecule has 2 N–H and O–H groups in total. The number of nitrogens with two attached hydrogens (primary N) is 1. The van der Waals surface area contributed by atoms with Crippen molar-refractivity contribution in [2.75, 3.05) is 7.05 Å². The highest BCUT2D eigenvalue weighted by Gasteiger charge is 2.36. The molecule has 10 heavy (non-hydrogen) atoms. The Labute approximate surface area is 62.4 Å². The molecule has 3 atom stereocenters. The lowest BCUT2D eigenvalue weighted by Crippen LogP contribution is -2.45. The monoisotopic (exact) mass is 140 g/mol. The summed E-state index contributed by atoms with van der Waals surface area (Å²) in [6.07, 6.45) is 5.23. The number of hydrogen-bond acceptors (Lipinski definition) is 2. The maximum absolute atomic E-state index is 5.89. The van der Waals surface area contributed by atoms with Crippen molar-refractivity contribution in [3.05, 3.63) is 0 Å². The summed E-state index contributed by atoms with van der Waals surface area (Å²) >= 11 is 0. The van der Waals surface area contributed by atoms with Gasteiger partial charge in [0.15, 0.2) is 0 Å². The van der Waals surface area contributed by atoms with Crippen LogP contribution in [-0.4, -0.2) is 30.1 Å². The Kier molecular flexibility index (Phi) is 1.46. The van der Waals surface area contributed by atoms with Gasteiger partial charge in [-0.1, -0.05) is 0 Å². The van der Waals surface area contributed by atoms with E-state index in [1.54, 1.807) is 0 Å². The van der Waals surface area contributed by atoms with Gasteiger partial charge in [0.2, 0.25) is 0 Å². The van der Waals surface area contributed by atoms with Crippen molar-refractivity contribution in [2.45, 2.75) is 43.8 Å². The van der Waals surface area contributed by atoms with Crippen LogP contribution in [0.25, 0.3) is 0 Å². The van der Waals surface area contributed by atoms with Crippen molar-refractivity contribution in [3.8, 4) is 0 Å². The van der Waals surface area contributed by atoms with Crippen LogP contribution in [0, 0.1) is 0 Å². The molecule has 0 aliphatic carbocycles. The zero-order chi connectivity index (χ0) is 7.14. The third-order valence-electron chi connectivity index (χ3n) is 3.13. The van der Waals surface area contributed by atoms with Gasteiger partial charge in [-0.3, -0.25) is 0 Å². The summed E-state index contributed by atoms with van der Waals surface area (Å²) in [6, 6.07) is 2.12. The first kappa shape index (κ1) is 6.62. The molecule has 0 aromatic heterocycles. The molecule has 0 radical (unpaired) electrons. The molecule has 2 saturated heterocycles. The molecule has 0 aromatic rings. The second-order valence-electron chi connectivity index (χ2n) is 3.78. The van der Waals surface area contributed by atoms with Crippen LogP contribution in [-0.2, 0) is 0 Å². The summed E-state index contributed by atoms with van der Waals surface area (Å²) in [5, 5.41) is 0. The van der Waals surface area contributed by atoms with Gasteiger partial charge in [0.05, 0.1) is 0 Å². The normalized spacial score (nSPS) is 48.0. The van der Waals surface area contributed by atoms with Gasteiger partial charge in [-0.25, -0.2) is 0 Å². The first-order valence-corrected chi connectivity index (χ1v) is 4.25. The lowest BCUT2D eigenvalue weighted by atomic mass is 9.99. The van der Waals surface area contributed by atoms with Gasteiger partial charge in [0.25, 0.3) is 0 Å². The second-order valence-corrected chi connectivity index (χ2v) is 3.78. The van der Waals surface area contributed by atoms with E-state index < -0.39 is 0 Å². The molecule has 2 aliphatic rings. The largest absolute Gasteiger partial charge is 0.328 e. The Bertz CT molecular complexity index is 121. The highest BCUT2D eigenvalue weighted by Crippen LogP contribution is 2.33. The fraction of sp³-hybridized carbons (Fsp3) is 1.00. The molecule has 2 nitrogen and oxygen atoms in total. The minimum absolute atomic E-state index is 0.494. The average Bonchev–Trinajstić information content (AvgIpc) is 2.20. The maximum atomic E-state index is 5.89. The third kappa shape index (κ3) is 0.867. The fourth-order valence-electron chi connectivity index (χ4n) is 2.45. The Morgan fingerprint density at radius 1 is 1.20 bits per heavy atom. The van der Waals surface area contributed by atoms with Crippen LogP contribution in [0.15, 0.2) is 0 Å². The van der Waals surface area contributed by atoms with Gasteiger partial charge < -0.3 is 10.6 Å². The molecule has 0 aromatic carbocycles. The van der Waals surface area contributed by atoms with Gasteiger partial charge in [0, 0.05) is 18.1 Å². The summed E-state index contributed by atoms with van der Waals surface area (Å²) in [6.45, 7) is 0. The highest BCUT2D eigenvalue weighted by atomic mass is 15.2. The van der Waals surface area contributed by atoms with Gasteiger partial charge >= 0.3 is 0 Å². The van der Waals surface area contributed by atoms with Crippen LogP contribution in [0.2, 0.25) is 0 Å². The zero-order valence-electron chi connectivity index (χ0n) is 6.59. The standard InChI is InChI=1S/C8H16N2/c1-10-7-2-3-8(10)5-6(9)4-7/h6-8H,2-5,9H2,1H3/t6-,7-,8+. The van der Waals surface area contributed by atoms with Crippen molar-refractivity contribution >= 4 is 0 Å². The predicted molar refractivity (Wildman–Crippen MR) is 41.8 cm³/mol. The van der Waals surface area contributed by atoms with Gasteiger partial charge in [-0.2, -0.15) is 0 Å². The molecular formula is C8H16N2. The summed E-state index contributed by atoms with van der Waals surface area (Å²) in [7, 11) is 2.24. The van der Waals surface area contributed by atoms with Crippen molar-refractivity contribution < 1.29 is 0 Å². The molecule has 0 unspecified atom stereocenters. The van der Waals surface area contributed by atoms with E-state index in [0.717, 1.165) is 12.1 Å². The van der Waals surface area contributed by atoms with Crippen LogP contribution in [0.4, 0.5) is 0 Å². The van der Waals surface area contributed by atoms with Crippen molar-refractivity contribution in [1.29, 1.82) is 0 Å². The smallest absolute Gasteiger partial charge is 0.0110 e. The van der Waals surface area contributed by atoms with Crippen LogP contribution < -0.4 is 5.73 Å². The summed E-state index contributed by atoms with van der Waals surface area (Å²) in [4.78, 5) is 2.52. The molecule has 0 saturated carbocycles. The topological polar surface area (TPSA) is 29.3 Å². The number of piperidine rings is 1. The maximum Gasteiger partial charge on any atom is 0.0110 e. The molecule has 2 bridgehead atoms. The Hall–Kier alpha value is -0.0800. The fourth-order valence-corrected chi connectivity index (χ4v) is 2.45. The number of hydrogen-bond donors (Lipinski definition) is 1. The van der Waals surface area contributed by atoms with Crippen LogP contribution in [0.5, 0.6) is 0 Å². The molecule has 2 aliphatic heterocycles. The lowest BCUT2D eigenvalue weighted by molar-refractivity contribution is 0.163.